The van der Waals surface area contributed by atoms with Gasteiger partial charge in [0, 0.05) is 31.7 Å². The molecule has 2 aliphatic rings. The summed E-state index contributed by atoms with van der Waals surface area (Å²) in [4.78, 5) is 2.83. The quantitative estimate of drug-likeness (QED) is 0.813. The van der Waals surface area contributed by atoms with Crippen LogP contribution in [-0.4, -0.2) is 36.6 Å². The summed E-state index contributed by atoms with van der Waals surface area (Å²) in [6, 6.07) is 1.61. The van der Waals surface area contributed by atoms with E-state index in [4.69, 9.17) is 0 Å². The van der Waals surface area contributed by atoms with Gasteiger partial charge in [0.25, 0.3) is 0 Å². The number of hydrogen-bond donors (Lipinski definition) is 1. The summed E-state index contributed by atoms with van der Waals surface area (Å²) < 4.78 is 0. The van der Waals surface area contributed by atoms with Crippen LogP contribution >= 0.6 is 0 Å². The Kier molecular flexibility index (Phi) is 4.48. The molecule has 0 radical (unpaired) electrons. The van der Waals surface area contributed by atoms with Gasteiger partial charge >= 0.3 is 0 Å². The number of nitrogens with one attached hydrogen (secondary N) is 1. The van der Waals surface area contributed by atoms with E-state index in [-0.39, 0.29) is 0 Å². The molecule has 1 saturated carbocycles. The van der Waals surface area contributed by atoms with Crippen molar-refractivity contribution in [3.05, 3.63) is 0 Å². The van der Waals surface area contributed by atoms with Crippen molar-refractivity contribution in [2.75, 3.05) is 19.6 Å². The maximum atomic E-state index is 3.57. The van der Waals surface area contributed by atoms with Crippen LogP contribution in [-0.2, 0) is 0 Å². The van der Waals surface area contributed by atoms with Gasteiger partial charge in [0.05, 0.1) is 0 Å². The summed E-state index contributed by atoms with van der Waals surface area (Å²) in [7, 11) is 0. The molecule has 2 nitrogen and oxygen atoms in total. The molecule has 4 unspecified atom stereocenters. The highest BCUT2D eigenvalue weighted by Gasteiger charge is 2.39. The molecular weight excluding hydrogens is 208 g/mol. The van der Waals surface area contributed by atoms with E-state index in [9.17, 15) is 0 Å². The van der Waals surface area contributed by atoms with Crippen molar-refractivity contribution in [2.24, 2.45) is 17.8 Å². The molecule has 0 aromatic rings. The number of piperazine rings is 1. The number of rotatable bonds is 3. The number of nitrogens with zero attached hydrogens (tertiary/aromatic N) is 1. The fourth-order valence-corrected chi connectivity index (χ4v) is 4.04. The molecular formula is C15H30N2. The lowest BCUT2D eigenvalue weighted by Gasteiger charge is -2.44. The van der Waals surface area contributed by atoms with Crippen molar-refractivity contribution in [2.45, 2.75) is 59.0 Å². The lowest BCUT2D eigenvalue weighted by Crippen LogP contribution is -2.57. The third kappa shape index (κ3) is 2.68. The van der Waals surface area contributed by atoms with Crippen LogP contribution in [0.15, 0.2) is 0 Å². The van der Waals surface area contributed by atoms with Crippen molar-refractivity contribution < 1.29 is 0 Å². The molecule has 2 rings (SSSR count). The van der Waals surface area contributed by atoms with Crippen LogP contribution in [0.2, 0.25) is 0 Å². The van der Waals surface area contributed by atoms with Crippen LogP contribution in [0.3, 0.4) is 0 Å². The molecule has 1 saturated heterocycles. The first-order chi connectivity index (χ1) is 8.15. The molecule has 0 aromatic heterocycles. The topological polar surface area (TPSA) is 15.3 Å². The van der Waals surface area contributed by atoms with Crippen LogP contribution in [0.4, 0.5) is 0 Å². The molecule has 17 heavy (non-hydrogen) atoms. The molecule has 1 aliphatic carbocycles. The van der Waals surface area contributed by atoms with Gasteiger partial charge in [-0.1, -0.05) is 34.1 Å². The second kappa shape index (κ2) is 5.71. The smallest absolute Gasteiger partial charge is 0.0247 e. The fourth-order valence-electron chi connectivity index (χ4n) is 4.04. The van der Waals surface area contributed by atoms with Crippen LogP contribution in [0.1, 0.15) is 47.0 Å². The van der Waals surface area contributed by atoms with Gasteiger partial charge in [0.15, 0.2) is 0 Å². The summed E-state index contributed by atoms with van der Waals surface area (Å²) in [5, 5.41) is 3.57. The Morgan fingerprint density at radius 2 is 2.06 bits per heavy atom. The molecule has 1 aliphatic heterocycles. The zero-order chi connectivity index (χ0) is 12.4. The summed E-state index contributed by atoms with van der Waals surface area (Å²) in [6.07, 6.45) is 4.26. The molecule has 0 spiro atoms. The van der Waals surface area contributed by atoms with Crippen LogP contribution in [0, 0.1) is 17.8 Å². The average molecular weight is 238 g/mol. The minimum absolute atomic E-state index is 0.756. The predicted octanol–water partition coefficient (Wildman–Crippen LogP) is 2.74. The lowest BCUT2D eigenvalue weighted by molar-refractivity contribution is 0.0561. The summed E-state index contributed by atoms with van der Waals surface area (Å²) in [6.45, 7) is 13.2. The third-order valence-electron chi connectivity index (χ3n) is 5.23. The maximum Gasteiger partial charge on any atom is 0.0247 e. The lowest BCUT2D eigenvalue weighted by atomic mass is 9.90. The molecule has 0 bridgehead atoms. The van der Waals surface area contributed by atoms with Crippen molar-refractivity contribution in [3.63, 3.8) is 0 Å². The van der Waals surface area contributed by atoms with Crippen LogP contribution in [0.5, 0.6) is 0 Å². The molecule has 0 aromatic carbocycles. The molecule has 2 heteroatoms. The van der Waals surface area contributed by atoms with E-state index >= 15 is 0 Å². The first-order valence-corrected chi connectivity index (χ1v) is 7.61. The van der Waals surface area contributed by atoms with Gasteiger partial charge < -0.3 is 5.32 Å². The largest absolute Gasteiger partial charge is 0.314 e. The van der Waals surface area contributed by atoms with E-state index in [2.05, 4.69) is 37.9 Å². The van der Waals surface area contributed by atoms with E-state index in [0.717, 1.165) is 29.8 Å². The first-order valence-electron chi connectivity index (χ1n) is 7.61. The minimum atomic E-state index is 0.756. The Morgan fingerprint density at radius 3 is 2.65 bits per heavy atom. The van der Waals surface area contributed by atoms with Gasteiger partial charge in [-0.15, -0.1) is 0 Å². The monoisotopic (exact) mass is 238 g/mol. The number of hydrogen-bond acceptors (Lipinski definition) is 2. The predicted molar refractivity (Wildman–Crippen MR) is 74.2 cm³/mol. The Balaban J connectivity index is 2.04. The van der Waals surface area contributed by atoms with Crippen molar-refractivity contribution in [1.82, 2.24) is 10.2 Å². The fraction of sp³-hybridized carbons (Fsp3) is 1.00. The normalized spacial score (nSPS) is 40.1. The summed E-state index contributed by atoms with van der Waals surface area (Å²) in [5.41, 5.74) is 0. The second-order valence-corrected chi connectivity index (χ2v) is 6.43. The van der Waals surface area contributed by atoms with Crippen LogP contribution in [0.25, 0.3) is 0 Å². The third-order valence-corrected chi connectivity index (χ3v) is 5.23. The van der Waals surface area contributed by atoms with E-state index in [1.807, 2.05) is 0 Å². The first kappa shape index (κ1) is 13.4. The van der Waals surface area contributed by atoms with E-state index < -0.39 is 0 Å². The van der Waals surface area contributed by atoms with Gasteiger partial charge in [0.1, 0.15) is 0 Å². The maximum absolute atomic E-state index is 3.57. The molecule has 100 valence electrons. The van der Waals surface area contributed by atoms with Crippen molar-refractivity contribution in [3.8, 4) is 0 Å². The standard InChI is InChI=1S/C15H30N2/c1-5-13-6-7-14(12(13)4)17-9-8-16-10-15(17)11(2)3/h11-16H,5-10H2,1-4H3. The van der Waals surface area contributed by atoms with Crippen LogP contribution < -0.4 is 5.32 Å². The average Bonchev–Trinajstić information content (AvgIpc) is 2.70. The van der Waals surface area contributed by atoms with Crippen molar-refractivity contribution >= 4 is 0 Å². The van der Waals surface area contributed by atoms with Crippen molar-refractivity contribution in [1.29, 1.82) is 0 Å². The van der Waals surface area contributed by atoms with E-state index in [1.54, 1.807) is 0 Å². The van der Waals surface area contributed by atoms with E-state index in [0.29, 0.717) is 0 Å². The summed E-state index contributed by atoms with van der Waals surface area (Å²) in [5.74, 6) is 2.65. The molecule has 2 fully saturated rings. The molecule has 4 atom stereocenters. The van der Waals surface area contributed by atoms with E-state index in [1.165, 1.54) is 38.9 Å². The molecule has 1 N–H and O–H groups in total. The van der Waals surface area contributed by atoms with Gasteiger partial charge in [-0.05, 0) is 30.6 Å². The Hall–Kier alpha value is -0.0800. The molecule has 1 heterocycles. The second-order valence-electron chi connectivity index (χ2n) is 6.43. The minimum Gasteiger partial charge on any atom is -0.314 e. The highest BCUT2D eigenvalue weighted by molar-refractivity contribution is 4.94. The SMILES string of the molecule is CCC1CCC(N2CCNCC2C(C)C)C1C. The highest BCUT2D eigenvalue weighted by Crippen LogP contribution is 2.38. The van der Waals surface area contributed by atoms with Gasteiger partial charge in [0.2, 0.25) is 0 Å². The zero-order valence-electron chi connectivity index (χ0n) is 12.1. The highest BCUT2D eigenvalue weighted by atomic mass is 15.2. The Bertz CT molecular complexity index is 239. The molecule has 0 amide bonds. The van der Waals surface area contributed by atoms with Gasteiger partial charge in [-0.3, -0.25) is 4.90 Å². The van der Waals surface area contributed by atoms with Gasteiger partial charge in [-0.25, -0.2) is 0 Å². The van der Waals surface area contributed by atoms with Gasteiger partial charge in [-0.2, -0.15) is 0 Å². The summed E-state index contributed by atoms with van der Waals surface area (Å²) >= 11 is 0. The Morgan fingerprint density at radius 1 is 1.29 bits per heavy atom. The Labute approximate surface area is 107 Å². The zero-order valence-corrected chi connectivity index (χ0v) is 12.1.